The molecule has 0 atom stereocenters. The minimum atomic E-state index is -0.385. The standard InChI is InChI=1S/C14H17N3O2S/c1-14(2,3)13-16-10(9-20-13)8-15-11-6-4-5-7-12(11)17(18)19/h4-7,9,15H,8H2,1-3H3. The summed E-state index contributed by atoms with van der Waals surface area (Å²) in [5, 5.41) is 17.1. The van der Waals surface area contributed by atoms with Gasteiger partial charge in [-0.15, -0.1) is 11.3 Å². The highest BCUT2D eigenvalue weighted by Crippen LogP contribution is 2.27. The highest BCUT2D eigenvalue weighted by molar-refractivity contribution is 7.09. The Morgan fingerprint density at radius 1 is 1.35 bits per heavy atom. The van der Waals surface area contributed by atoms with E-state index in [-0.39, 0.29) is 16.0 Å². The first-order chi connectivity index (χ1) is 9.38. The van der Waals surface area contributed by atoms with Gasteiger partial charge in [0.1, 0.15) is 5.69 Å². The molecular weight excluding hydrogens is 274 g/mol. The molecule has 1 N–H and O–H groups in total. The van der Waals surface area contributed by atoms with E-state index in [1.54, 1.807) is 29.5 Å². The lowest BCUT2D eigenvalue weighted by atomic mass is 9.98. The summed E-state index contributed by atoms with van der Waals surface area (Å²) in [6.45, 7) is 6.83. The highest BCUT2D eigenvalue weighted by atomic mass is 32.1. The molecule has 1 aromatic carbocycles. The van der Waals surface area contributed by atoms with E-state index in [9.17, 15) is 10.1 Å². The topological polar surface area (TPSA) is 68.1 Å². The Bertz CT molecular complexity index is 617. The zero-order valence-corrected chi connectivity index (χ0v) is 12.5. The lowest BCUT2D eigenvalue weighted by Crippen LogP contribution is -2.11. The molecule has 0 aliphatic heterocycles. The normalized spacial score (nSPS) is 11.3. The monoisotopic (exact) mass is 291 g/mol. The predicted molar refractivity (Wildman–Crippen MR) is 81.2 cm³/mol. The van der Waals surface area contributed by atoms with Crippen LogP contribution in [0, 0.1) is 10.1 Å². The average molecular weight is 291 g/mol. The minimum absolute atomic E-state index is 0.0294. The summed E-state index contributed by atoms with van der Waals surface area (Å²) < 4.78 is 0. The number of para-hydroxylation sites is 2. The molecule has 2 rings (SSSR count). The number of nitrogens with one attached hydrogen (secondary N) is 1. The Labute approximate surface area is 121 Å². The molecule has 0 bridgehead atoms. The van der Waals surface area contributed by atoms with Crippen LogP contribution in [0.3, 0.4) is 0 Å². The van der Waals surface area contributed by atoms with Gasteiger partial charge in [0.05, 0.1) is 22.2 Å². The first-order valence-corrected chi connectivity index (χ1v) is 7.18. The van der Waals surface area contributed by atoms with E-state index in [0.29, 0.717) is 12.2 Å². The Morgan fingerprint density at radius 3 is 2.65 bits per heavy atom. The van der Waals surface area contributed by atoms with Crippen LogP contribution in [-0.2, 0) is 12.0 Å². The molecular formula is C14H17N3O2S. The number of thiazole rings is 1. The maximum atomic E-state index is 10.9. The molecule has 1 heterocycles. The summed E-state index contributed by atoms with van der Waals surface area (Å²) in [5.41, 5.74) is 1.53. The quantitative estimate of drug-likeness (QED) is 0.684. The molecule has 0 radical (unpaired) electrons. The second-order valence-electron chi connectivity index (χ2n) is 5.52. The van der Waals surface area contributed by atoms with E-state index in [1.807, 2.05) is 5.38 Å². The molecule has 0 saturated carbocycles. The maximum absolute atomic E-state index is 10.9. The Morgan fingerprint density at radius 2 is 2.05 bits per heavy atom. The van der Waals surface area contributed by atoms with Crippen LogP contribution in [0.5, 0.6) is 0 Å². The van der Waals surface area contributed by atoms with Crippen LogP contribution >= 0.6 is 11.3 Å². The second-order valence-corrected chi connectivity index (χ2v) is 6.38. The minimum Gasteiger partial charge on any atom is -0.374 e. The molecule has 0 spiro atoms. The van der Waals surface area contributed by atoms with Gasteiger partial charge in [-0.05, 0) is 6.07 Å². The summed E-state index contributed by atoms with van der Waals surface area (Å²) in [6.07, 6.45) is 0. The van der Waals surface area contributed by atoms with Crippen molar-refractivity contribution < 1.29 is 4.92 Å². The molecule has 0 aliphatic rings. The third kappa shape index (κ3) is 3.33. The summed E-state index contributed by atoms with van der Waals surface area (Å²) >= 11 is 1.62. The smallest absolute Gasteiger partial charge is 0.292 e. The van der Waals surface area contributed by atoms with Crippen molar-refractivity contribution in [2.45, 2.75) is 32.7 Å². The van der Waals surface area contributed by atoms with Crippen LogP contribution < -0.4 is 5.32 Å². The SMILES string of the molecule is CC(C)(C)c1nc(CNc2ccccc2[N+](=O)[O-])cs1. The predicted octanol–water partition coefficient (Wildman–Crippen LogP) is 3.96. The van der Waals surface area contributed by atoms with Crippen molar-refractivity contribution in [3.8, 4) is 0 Å². The van der Waals surface area contributed by atoms with Gasteiger partial charge in [0.2, 0.25) is 0 Å². The maximum Gasteiger partial charge on any atom is 0.292 e. The van der Waals surface area contributed by atoms with E-state index >= 15 is 0 Å². The van der Waals surface area contributed by atoms with Gasteiger partial charge in [-0.2, -0.15) is 0 Å². The Kier molecular flexibility index (Phi) is 4.04. The zero-order chi connectivity index (χ0) is 14.8. The summed E-state index contributed by atoms with van der Waals surface area (Å²) in [5.74, 6) is 0. The molecule has 6 heteroatoms. The fourth-order valence-electron chi connectivity index (χ4n) is 1.70. The number of nitro groups is 1. The molecule has 1 aromatic heterocycles. The van der Waals surface area contributed by atoms with E-state index in [1.165, 1.54) is 6.07 Å². The van der Waals surface area contributed by atoms with Crippen molar-refractivity contribution in [1.82, 2.24) is 4.98 Å². The van der Waals surface area contributed by atoms with Crippen LogP contribution in [0.15, 0.2) is 29.6 Å². The Balaban J connectivity index is 2.10. The van der Waals surface area contributed by atoms with Gasteiger partial charge in [-0.1, -0.05) is 32.9 Å². The van der Waals surface area contributed by atoms with Crippen molar-refractivity contribution >= 4 is 22.7 Å². The average Bonchev–Trinajstić information content (AvgIpc) is 2.85. The van der Waals surface area contributed by atoms with Gasteiger partial charge in [0.15, 0.2) is 0 Å². The molecule has 0 unspecified atom stereocenters. The summed E-state index contributed by atoms with van der Waals surface area (Å²) in [7, 11) is 0. The lowest BCUT2D eigenvalue weighted by Gasteiger charge is -2.13. The first kappa shape index (κ1) is 14.5. The summed E-state index contributed by atoms with van der Waals surface area (Å²) in [4.78, 5) is 15.1. The van der Waals surface area contributed by atoms with E-state index in [0.717, 1.165) is 10.7 Å². The summed E-state index contributed by atoms with van der Waals surface area (Å²) in [6, 6.07) is 6.62. The van der Waals surface area contributed by atoms with E-state index < -0.39 is 0 Å². The van der Waals surface area contributed by atoms with Crippen molar-refractivity contribution in [3.63, 3.8) is 0 Å². The van der Waals surface area contributed by atoms with Crippen LogP contribution in [0.2, 0.25) is 0 Å². The molecule has 2 aromatic rings. The molecule has 20 heavy (non-hydrogen) atoms. The molecule has 0 saturated heterocycles. The van der Waals surface area contributed by atoms with Crippen molar-refractivity contribution in [3.05, 3.63) is 50.5 Å². The number of hydrogen-bond acceptors (Lipinski definition) is 5. The number of rotatable bonds is 4. The van der Waals surface area contributed by atoms with Crippen LogP contribution in [-0.4, -0.2) is 9.91 Å². The van der Waals surface area contributed by atoms with Gasteiger partial charge in [0.25, 0.3) is 5.69 Å². The van der Waals surface area contributed by atoms with Gasteiger partial charge in [-0.3, -0.25) is 10.1 Å². The van der Waals surface area contributed by atoms with Crippen molar-refractivity contribution in [1.29, 1.82) is 0 Å². The number of nitrogens with zero attached hydrogens (tertiary/aromatic N) is 2. The number of benzene rings is 1. The first-order valence-electron chi connectivity index (χ1n) is 6.30. The fourth-order valence-corrected chi connectivity index (χ4v) is 2.61. The molecule has 0 fully saturated rings. The number of anilines is 1. The van der Waals surface area contributed by atoms with Gasteiger partial charge >= 0.3 is 0 Å². The second kappa shape index (κ2) is 5.58. The number of nitro benzene ring substituents is 1. The molecule has 106 valence electrons. The van der Waals surface area contributed by atoms with Gasteiger partial charge < -0.3 is 5.32 Å². The third-order valence-electron chi connectivity index (χ3n) is 2.75. The third-order valence-corrected chi connectivity index (χ3v) is 4.07. The Hall–Kier alpha value is -1.95. The molecule has 0 aliphatic carbocycles. The van der Waals surface area contributed by atoms with Crippen LogP contribution in [0.1, 0.15) is 31.5 Å². The molecule has 0 amide bonds. The van der Waals surface area contributed by atoms with E-state index in [2.05, 4.69) is 31.1 Å². The molecule has 5 nitrogen and oxygen atoms in total. The van der Waals surface area contributed by atoms with Gasteiger partial charge in [0, 0.05) is 16.9 Å². The lowest BCUT2D eigenvalue weighted by molar-refractivity contribution is -0.384. The zero-order valence-electron chi connectivity index (χ0n) is 11.7. The number of hydrogen-bond donors (Lipinski definition) is 1. The van der Waals surface area contributed by atoms with Crippen molar-refractivity contribution in [2.75, 3.05) is 5.32 Å². The van der Waals surface area contributed by atoms with Crippen LogP contribution in [0.4, 0.5) is 11.4 Å². The largest absolute Gasteiger partial charge is 0.374 e. The van der Waals surface area contributed by atoms with Crippen molar-refractivity contribution in [2.24, 2.45) is 0 Å². The van der Waals surface area contributed by atoms with Crippen LogP contribution in [0.25, 0.3) is 0 Å². The number of aromatic nitrogens is 1. The fraction of sp³-hybridized carbons (Fsp3) is 0.357. The van der Waals surface area contributed by atoms with Gasteiger partial charge in [-0.25, -0.2) is 4.98 Å². The highest BCUT2D eigenvalue weighted by Gasteiger charge is 2.18. The van der Waals surface area contributed by atoms with E-state index in [4.69, 9.17) is 0 Å².